The lowest BCUT2D eigenvalue weighted by molar-refractivity contribution is 0.266. The molecule has 0 saturated carbocycles. The van der Waals surface area contributed by atoms with E-state index in [1.54, 1.807) is 0 Å². The van der Waals surface area contributed by atoms with Crippen LogP contribution in [-0.4, -0.2) is 18.8 Å². The summed E-state index contributed by atoms with van der Waals surface area (Å²) in [4.78, 5) is 0. The van der Waals surface area contributed by atoms with Crippen LogP contribution in [0.25, 0.3) is 0 Å². The van der Waals surface area contributed by atoms with Gasteiger partial charge in [-0.15, -0.1) is 0 Å². The lowest BCUT2D eigenvalue weighted by Gasteiger charge is -2.17. The Hall–Kier alpha value is -1.02. The molecule has 2 heteroatoms. The third-order valence-corrected chi connectivity index (χ3v) is 3.70. The minimum absolute atomic E-state index is 0.457. The highest BCUT2D eigenvalue weighted by Crippen LogP contribution is 2.37. The average Bonchev–Trinajstić information content (AvgIpc) is 3.15. The fraction of sp³-hybridized carbons (Fsp3) is 0.647. The minimum Gasteiger partial charge on any atom is -0.493 e. The maximum atomic E-state index is 5.93. The van der Waals surface area contributed by atoms with Crippen molar-refractivity contribution in [3.05, 3.63) is 29.8 Å². The molecule has 2 rings (SSSR count). The van der Waals surface area contributed by atoms with Gasteiger partial charge in [-0.1, -0.05) is 45.9 Å². The Labute approximate surface area is 117 Å². The van der Waals surface area contributed by atoms with Crippen molar-refractivity contribution in [2.45, 2.75) is 58.7 Å². The molecule has 1 aromatic carbocycles. The molecule has 3 unspecified atom stereocenters. The second kappa shape index (κ2) is 6.42. The van der Waals surface area contributed by atoms with Crippen LogP contribution in [0.5, 0.6) is 5.75 Å². The Bertz CT molecular complexity index is 400. The molecule has 0 radical (unpaired) electrons. The van der Waals surface area contributed by atoms with E-state index in [1.165, 1.54) is 5.56 Å². The molecule has 2 nitrogen and oxygen atoms in total. The fourth-order valence-corrected chi connectivity index (χ4v) is 2.50. The number of ether oxygens (including phenoxy) is 2. The third kappa shape index (κ3) is 3.97. The Morgan fingerprint density at radius 2 is 1.89 bits per heavy atom. The number of para-hydroxylation sites is 1. The zero-order valence-electron chi connectivity index (χ0n) is 12.6. The van der Waals surface area contributed by atoms with E-state index in [0.717, 1.165) is 25.2 Å². The Morgan fingerprint density at radius 3 is 2.53 bits per heavy atom. The Morgan fingerprint density at radius 1 is 1.16 bits per heavy atom. The van der Waals surface area contributed by atoms with Crippen LogP contribution < -0.4 is 4.74 Å². The maximum Gasteiger partial charge on any atom is 0.122 e. The monoisotopic (exact) mass is 262 g/mol. The molecular weight excluding hydrogens is 236 g/mol. The normalized spacial score (nSPS) is 23.4. The number of hydrogen-bond acceptors (Lipinski definition) is 2. The highest BCUT2D eigenvalue weighted by atomic mass is 16.6. The molecule has 106 valence electrons. The summed E-state index contributed by atoms with van der Waals surface area (Å²) < 4.78 is 11.6. The first-order valence-electron chi connectivity index (χ1n) is 7.49. The summed E-state index contributed by atoms with van der Waals surface area (Å²) in [7, 11) is 0. The van der Waals surface area contributed by atoms with E-state index in [2.05, 4.69) is 45.9 Å². The average molecular weight is 262 g/mol. The molecule has 3 atom stereocenters. The van der Waals surface area contributed by atoms with Crippen LogP contribution in [0.1, 0.15) is 52.0 Å². The topological polar surface area (TPSA) is 21.8 Å². The van der Waals surface area contributed by atoms with Gasteiger partial charge in [0.15, 0.2) is 0 Å². The van der Waals surface area contributed by atoms with Crippen LogP contribution in [0.15, 0.2) is 24.3 Å². The molecule has 0 spiro atoms. The van der Waals surface area contributed by atoms with Crippen LogP contribution in [0.4, 0.5) is 0 Å². The summed E-state index contributed by atoms with van der Waals surface area (Å²) in [5.41, 5.74) is 1.31. The first-order valence-corrected chi connectivity index (χ1v) is 7.49. The summed E-state index contributed by atoms with van der Waals surface area (Å²) in [6, 6.07) is 8.41. The number of epoxide rings is 1. The van der Waals surface area contributed by atoms with E-state index in [-0.39, 0.29) is 0 Å². The van der Waals surface area contributed by atoms with Gasteiger partial charge in [-0.3, -0.25) is 0 Å². The molecule has 0 amide bonds. The van der Waals surface area contributed by atoms with Crippen LogP contribution in [0.2, 0.25) is 0 Å². The van der Waals surface area contributed by atoms with Gasteiger partial charge in [0.2, 0.25) is 0 Å². The molecule has 0 aromatic heterocycles. The van der Waals surface area contributed by atoms with Crippen LogP contribution >= 0.6 is 0 Å². The van der Waals surface area contributed by atoms with E-state index < -0.39 is 0 Å². The third-order valence-electron chi connectivity index (χ3n) is 3.70. The largest absolute Gasteiger partial charge is 0.493 e. The van der Waals surface area contributed by atoms with Crippen molar-refractivity contribution in [1.82, 2.24) is 0 Å². The van der Waals surface area contributed by atoms with Gasteiger partial charge in [0, 0.05) is 0 Å². The van der Waals surface area contributed by atoms with Crippen LogP contribution in [0, 0.1) is 5.92 Å². The first-order chi connectivity index (χ1) is 9.11. The summed E-state index contributed by atoms with van der Waals surface area (Å²) in [5.74, 6) is 2.09. The first kappa shape index (κ1) is 14.4. The van der Waals surface area contributed by atoms with E-state index in [4.69, 9.17) is 9.47 Å². The SMILES string of the molecule is CCC1OC1CC(C)c1ccccc1OCC(C)C. The summed E-state index contributed by atoms with van der Waals surface area (Å²) >= 11 is 0. The predicted octanol–water partition coefficient (Wildman–Crippen LogP) is 4.39. The molecule has 0 N–H and O–H groups in total. The molecule has 0 aliphatic carbocycles. The lowest BCUT2D eigenvalue weighted by Crippen LogP contribution is -2.08. The molecular formula is C17H26O2. The molecule has 1 aromatic rings. The minimum atomic E-state index is 0.457. The van der Waals surface area contributed by atoms with Gasteiger partial charge in [-0.05, 0) is 36.3 Å². The van der Waals surface area contributed by atoms with Crippen LogP contribution in [0.3, 0.4) is 0 Å². The molecule has 0 bridgehead atoms. The van der Waals surface area contributed by atoms with Crippen LogP contribution in [-0.2, 0) is 4.74 Å². The summed E-state index contributed by atoms with van der Waals surface area (Å²) in [6.07, 6.45) is 3.17. The van der Waals surface area contributed by atoms with Gasteiger partial charge in [-0.2, -0.15) is 0 Å². The van der Waals surface area contributed by atoms with Gasteiger partial charge in [-0.25, -0.2) is 0 Å². The van der Waals surface area contributed by atoms with Crippen molar-refractivity contribution in [2.75, 3.05) is 6.61 Å². The van der Waals surface area contributed by atoms with Gasteiger partial charge >= 0.3 is 0 Å². The second-order valence-corrected chi connectivity index (χ2v) is 6.00. The van der Waals surface area contributed by atoms with Crippen molar-refractivity contribution in [2.24, 2.45) is 5.92 Å². The second-order valence-electron chi connectivity index (χ2n) is 6.00. The molecule has 1 heterocycles. The quantitative estimate of drug-likeness (QED) is 0.680. The number of hydrogen-bond donors (Lipinski definition) is 0. The molecule has 1 fully saturated rings. The van der Waals surface area contributed by atoms with Crippen molar-refractivity contribution in [1.29, 1.82) is 0 Å². The smallest absolute Gasteiger partial charge is 0.122 e. The van der Waals surface area contributed by atoms with Gasteiger partial charge in [0.25, 0.3) is 0 Å². The standard InChI is InChI=1S/C17H26O2/c1-5-15-17(19-15)10-13(4)14-8-6-7-9-16(14)18-11-12(2)3/h6-9,12-13,15,17H,5,10-11H2,1-4H3. The molecule has 1 aliphatic rings. The van der Waals surface area contributed by atoms with Gasteiger partial charge in [0.05, 0.1) is 18.8 Å². The van der Waals surface area contributed by atoms with Crippen molar-refractivity contribution >= 4 is 0 Å². The Balaban J connectivity index is 1.98. The lowest BCUT2D eigenvalue weighted by atomic mass is 9.94. The summed E-state index contributed by atoms with van der Waals surface area (Å²) in [6.45, 7) is 9.59. The molecule has 1 aliphatic heterocycles. The van der Waals surface area contributed by atoms with E-state index in [9.17, 15) is 0 Å². The van der Waals surface area contributed by atoms with Crippen molar-refractivity contribution in [3.8, 4) is 5.75 Å². The zero-order valence-corrected chi connectivity index (χ0v) is 12.6. The fourth-order valence-electron chi connectivity index (χ4n) is 2.50. The highest BCUT2D eigenvalue weighted by Gasteiger charge is 2.38. The summed E-state index contributed by atoms with van der Waals surface area (Å²) in [5, 5.41) is 0. The Kier molecular flexibility index (Phi) is 4.87. The van der Waals surface area contributed by atoms with Gasteiger partial charge < -0.3 is 9.47 Å². The maximum absolute atomic E-state index is 5.93. The van der Waals surface area contributed by atoms with E-state index in [1.807, 2.05) is 6.07 Å². The number of benzene rings is 1. The highest BCUT2D eigenvalue weighted by molar-refractivity contribution is 5.36. The van der Waals surface area contributed by atoms with E-state index in [0.29, 0.717) is 24.0 Å². The number of rotatable bonds is 7. The van der Waals surface area contributed by atoms with E-state index >= 15 is 0 Å². The van der Waals surface area contributed by atoms with Gasteiger partial charge in [0.1, 0.15) is 5.75 Å². The molecule has 1 saturated heterocycles. The predicted molar refractivity (Wildman–Crippen MR) is 78.8 cm³/mol. The van der Waals surface area contributed by atoms with Crippen molar-refractivity contribution < 1.29 is 9.47 Å². The molecule has 19 heavy (non-hydrogen) atoms. The van der Waals surface area contributed by atoms with Crippen molar-refractivity contribution in [3.63, 3.8) is 0 Å². The zero-order chi connectivity index (χ0) is 13.8.